The van der Waals surface area contributed by atoms with Crippen LogP contribution < -0.4 is 15.0 Å². The molecular weight excluding hydrogens is 218 g/mol. The summed E-state index contributed by atoms with van der Waals surface area (Å²) in [5.74, 6) is 1.34. The highest BCUT2D eigenvalue weighted by Crippen LogP contribution is 2.32. The first-order valence-electron chi connectivity index (χ1n) is 5.50. The van der Waals surface area contributed by atoms with Crippen molar-refractivity contribution in [2.45, 2.75) is 13.8 Å². The van der Waals surface area contributed by atoms with Gasteiger partial charge in [-0.25, -0.2) is 0 Å². The summed E-state index contributed by atoms with van der Waals surface area (Å²) in [5.41, 5.74) is 0.719. The summed E-state index contributed by atoms with van der Waals surface area (Å²) in [6, 6.07) is 5.27. The van der Waals surface area contributed by atoms with E-state index in [4.69, 9.17) is 9.47 Å². The highest BCUT2D eigenvalue weighted by molar-refractivity contribution is 5.87. The molecule has 4 heteroatoms. The Morgan fingerprint density at radius 3 is 2.65 bits per heavy atom. The Morgan fingerprint density at radius 1 is 1.24 bits per heavy atom. The van der Waals surface area contributed by atoms with E-state index in [1.165, 1.54) is 0 Å². The van der Waals surface area contributed by atoms with Crippen molar-refractivity contribution < 1.29 is 9.47 Å². The number of aryl methyl sites for hydroxylation is 1. The van der Waals surface area contributed by atoms with Crippen molar-refractivity contribution in [3.8, 4) is 11.5 Å². The molecule has 1 N–H and O–H groups in total. The first-order chi connectivity index (χ1) is 8.15. The molecule has 0 aliphatic carbocycles. The van der Waals surface area contributed by atoms with Gasteiger partial charge in [-0.05, 0) is 31.4 Å². The van der Waals surface area contributed by atoms with E-state index in [0.717, 1.165) is 16.5 Å². The first-order valence-corrected chi connectivity index (χ1v) is 5.50. The average Bonchev–Trinajstić information content (AvgIpc) is 2.28. The van der Waals surface area contributed by atoms with E-state index in [9.17, 15) is 4.79 Å². The number of pyridine rings is 1. The van der Waals surface area contributed by atoms with Crippen LogP contribution >= 0.6 is 0 Å². The van der Waals surface area contributed by atoms with Gasteiger partial charge in [0.25, 0.3) is 0 Å². The van der Waals surface area contributed by atoms with E-state index < -0.39 is 0 Å². The second-order valence-corrected chi connectivity index (χ2v) is 3.78. The Labute approximate surface area is 99.2 Å². The van der Waals surface area contributed by atoms with Gasteiger partial charge >= 0.3 is 0 Å². The molecule has 17 heavy (non-hydrogen) atoms. The Hall–Kier alpha value is -1.97. The van der Waals surface area contributed by atoms with Gasteiger partial charge in [0, 0.05) is 17.1 Å². The molecule has 1 aromatic carbocycles. The maximum Gasteiger partial charge on any atom is 0.248 e. The van der Waals surface area contributed by atoms with E-state index in [1.54, 1.807) is 13.2 Å². The van der Waals surface area contributed by atoms with Gasteiger partial charge in [0.05, 0.1) is 13.7 Å². The number of hydrogen-bond acceptors (Lipinski definition) is 3. The molecule has 0 radical (unpaired) electrons. The Balaban J connectivity index is 2.73. The molecule has 0 aliphatic heterocycles. The molecule has 1 aromatic heterocycles. The van der Waals surface area contributed by atoms with Gasteiger partial charge in [-0.1, -0.05) is 0 Å². The van der Waals surface area contributed by atoms with E-state index in [0.29, 0.717) is 18.1 Å². The second kappa shape index (κ2) is 4.49. The summed E-state index contributed by atoms with van der Waals surface area (Å²) in [6.45, 7) is 4.33. The number of aromatic nitrogens is 1. The number of aromatic amines is 1. The fourth-order valence-electron chi connectivity index (χ4n) is 1.88. The average molecular weight is 233 g/mol. The molecule has 1 heterocycles. The Bertz CT molecular complexity index is 601. The third kappa shape index (κ3) is 2.11. The minimum Gasteiger partial charge on any atom is -0.493 e. The Kier molecular flexibility index (Phi) is 3.04. The van der Waals surface area contributed by atoms with Gasteiger partial charge < -0.3 is 14.5 Å². The molecule has 0 atom stereocenters. The minimum atomic E-state index is -0.109. The topological polar surface area (TPSA) is 51.3 Å². The normalized spacial score (nSPS) is 10.5. The largest absolute Gasteiger partial charge is 0.493 e. The van der Waals surface area contributed by atoms with Crippen LogP contribution in [0.2, 0.25) is 0 Å². The fourth-order valence-corrected chi connectivity index (χ4v) is 1.88. The smallest absolute Gasteiger partial charge is 0.248 e. The van der Waals surface area contributed by atoms with Crippen molar-refractivity contribution in [1.82, 2.24) is 4.98 Å². The SMILES string of the molecule is CCOc1cc2cc(=O)[nH]c(C)c2cc1OC. The highest BCUT2D eigenvalue weighted by atomic mass is 16.5. The van der Waals surface area contributed by atoms with Crippen LogP contribution in [0.15, 0.2) is 23.0 Å². The van der Waals surface area contributed by atoms with Gasteiger partial charge in [-0.15, -0.1) is 0 Å². The van der Waals surface area contributed by atoms with Crippen LogP contribution in [0.3, 0.4) is 0 Å². The lowest BCUT2D eigenvalue weighted by atomic mass is 10.1. The van der Waals surface area contributed by atoms with Crippen molar-refractivity contribution in [3.63, 3.8) is 0 Å². The number of methoxy groups -OCH3 is 1. The molecular formula is C13H15NO3. The maximum atomic E-state index is 11.4. The molecule has 0 spiro atoms. The van der Waals surface area contributed by atoms with Crippen LogP contribution in [0, 0.1) is 6.92 Å². The monoisotopic (exact) mass is 233 g/mol. The van der Waals surface area contributed by atoms with Gasteiger partial charge in [0.15, 0.2) is 11.5 Å². The molecule has 0 aliphatic rings. The number of fused-ring (bicyclic) bond motifs is 1. The lowest BCUT2D eigenvalue weighted by Gasteiger charge is -2.11. The molecule has 0 amide bonds. The van der Waals surface area contributed by atoms with Gasteiger partial charge in [0.1, 0.15) is 0 Å². The molecule has 0 unspecified atom stereocenters. The van der Waals surface area contributed by atoms with E-state index >= 15 is 0 Å². The fraction of sp³-hybridized carbons (Fsp3) is 0.308. The molecule has 2 aromatic rings. The summed E-state index contributed by atoms with van der Waals surface area (Å²) < 4.78 is 10.8. The number of H-pyrrole nitrogens is 1. The lowest BCUT2D eigenvalue weighted by molar-refractivity contribution is 0.311. The van der Waals surface area contributed by atoms with Crippen LogP contribution in [0.4, 0.5) is 0 Å². The molecule has 0 bridgehead atoms. The van der Waals surface area contributed by atoms with Crippen LogP contribution in [0.1, 0.15) is 12.6 Å². The summed E-state index contributed by atoms with van der Waals surface area (Å²) in [7, 11) is 1.60. The third-order valence-electron chi connectivity index (χ3n) is 2.64. The lowest BCUT2D eigenvalue weighted by Crippen LogP contribution is -2.06. The highest BCUT2D eigenvalue weighted by Gasteiger charge is 2.08. The number of rotatable bonds is 3. The summed E-state index contributed by atoms with van der Waals surface area (Å²) in [5, 5.41) is 1.82. The summed E-state index contributed by atoms with van der Waals surface area (Å²) >= 11 is 0. The van der Waals surface area contributed by atoms with Crippen molar-refractivity contribution in [2.24, 2.45) is 0 Å². The van der Waals surface area contributed by atoms with Crippen LogP contribution in [-0.2, 0) is 0 Å². The number of nitrogens with one attached hydrogen (secondary N) is 1. The molecule has 90 valence electrons. The third-order valence-corrected chi connectivity index (χ3v) is 2.64. The van der Waals surface area contributed by atoms with Crippen LogP contribution in [0.5, 0.6) is 11.5 Å². The number of benzene rings is 1. The first kappa shape index (κ1) is 11.5. The van der Waals surface area contributed by atoms with Crippen molar-refractivity contribution in [2.75, 3.05) is 13.7 Å². The van der Waals surface area contributed by atoms with E-state index in [2.05, 4.69) is 4.98 Å². The Morgan fingerprint density at radius 2 is 2.00 bits per heavy atom. The van der Waals surface area contributed by atoms with Gasteiger partial charge in [-0.2, -0.15) is 0 Å². The molecule has 4 nitrogen and oxygen atoms in total. The second-order valence-electron chi connectivity index (χ2n) is 3.78. The van der Waals surface area contributed by atoms with E-state index in [-0.39, 0.29) is 5.56 Å². The van der Waals surface area contributed by atoms with Crippen LogP contribution in [-0.4, -0.2) is 18.7 Å². The van der Waals surface area contributed by atoms with Crippen molar-refractivity contribution in [1.29, 1.82) is 0 Å². The number of hydrogen-bond donors (Lipinski definition) is 1. The van der Waals surface area contributed by atoms with Crippen molar-refractivity contribution in [3.05, 3.63) is 34.2 Å². The van der Waals surface area contributed by atoms with Gasteiger partial charge in [0.2, 0.25) is 5.56 Å². The zero-order chi connectivity index (χ0) is 12.4. The summed E-state index contributed by atoms with van der Waals surface area (Å²) in [4.78, 5) is 14.2. The van der Waals surface area contributed by atoms with Gasteiger partial charge in [-0.3, -0.25) is 4.79 Å². The zero-order valence-electron chi connectivity index (χ0n) is 10.2. The minimum absolute atomic E-state index is 0.109. The molecule has 0 saturated heterocycles. The maximum absolute atomic E-state index is 11.4. The van der Waals surface area contributed by atoms with Crippen LogP contribution in [0.25, 0.3) is 10.8 Å². The quantitative estimate of drug-likeness (QED) is 0.884. The zero-order valence-corrected chi connectivity index (χ0v) is 10.2. The standard InChI is InChI=1S/C13H15NO3/c1-4-17-12-5-9-6-13(15)14-8(2)10(9)7-11(12)16-3/h5-7H,4H2,1-3H3,(H,14,15). The molecule has 2 rings (SSSR count). The molecule has 0 saturated carbocycles. The summed E-state index contributed by atoms with van der Waals surface area (Å²) in [6.07, 6.45) is 0. The number of ether oxygens (including phenoxy) is 2. The van der Waals surface area contributed by atoms with E-state index in [1.807, 2.05) is 26.0 Å². The predicted octanol–water partition coefficient (Wildman–Crippen LogP) is 2.24. The van der Waals surface area contributed by atoms with Crippen molar-refractivity contribution >= 4 is 10.8 Å². The predicted molar refractivity (Wildman–Crippen MR) is 67.0 cm³/mol. The molecule has 0 fully saturated rings.